The lowest BCUT2D eigenvalue weighted by atomic mass is 10.1. The van der Waals surface area contributed by atoms with Gasteiger partial charge in [-0.05, 0) is 42.8 Å². The van der Waals surface area contributed by atoms with Crippen LogP contribution in [0, 0.1) is 0 Å². The molecule has 21 heavy (non-hydrogen) atoms. The molecule has 1 N–H and O–H groups in total. The average Bonchev–Trinajstić information content (AvgIpc) is 3.20. The molecular weight excluding hydrogens is 278 g/mol. The second kappa shape index (κ2) is 6.58. The van der Waals surface area contributed by atoms with Crippen molar-refractivity contribution in [3.05, 3.63) is 46.4 Å². The highest BCUT2D eigenvalue weighted by Gasteiger charge is 2.21. The lowest BCUT2D eigenvalue weighted by Crippen LogP contribution is -2.32. The van der Waals surface area contributed by atoms with Crippen LogP contribution in [0.4, 0.5) is 5.69 Å². The van der Waals surface area contributed by atoms with Crippen molar-refractivity contribution in [2.24, 2.45) is 0 Å². The molecule has 0 bridgehead atoms. The molecule has 3 rings (SSSR count). The van der Waals surface area contributed by atoms with Crippen molar-refractivity contribution in [3.8, 4) is 0 Å². The third kappa shape index (κ3) is 3.83. The molecule has 1 unspecified atom stereocenters. The average molecular weight is 301 g/mol. The fourth-order valence-electron chi connectivity index (χ4n) is 2.52. The van der Waals surface area contributed by atoms with Gasteiger partial charge >= 0.3 is 0 Å². The van der Waals surface area contributed by atoms with Gasteiger partial charge in [-0.15, -0.1) is 11.3 Å². The van der Waals surface area contributed by atoms with E-state index in [-0.39, 0.29) is 0 Å². The summed E-state index contributed by atoms with van der Waals surface area (Å²) in [5.74, 6) is 0. The van der Waals surface area contributed by atoms with E-state index < -0.39 is 0 Å². The molecule has 1 aliphatic carbocycles. The minimum Gasteiger partial charge on any atom is -0.370 e. The lowest BCUT2D eigenvalue weighted by molar-refractivity contribution is 0.662. The first kappa shape index (κ1) is 14.5. The molecule has 0 aliphatic heterocycles. The van der Waals surface area contributed by atoms with E-state index in [0.29, 0.717) is 6.04 Å². The number of nitrogens with one attached hydrogen (secondary N) is 1. The molecule has 2 heterocycles. The molecule has 0 aromatic carbocycles. The molecule has 1 aliphatic rings. The van der Waals surface area contributed by atoms with Crippen LogP contribution < -0.4 is 10.2 Å². The molecule has 1 fully saturated rings. The van der Waals surface area contributed by atoms with Crippen molar-refractivity contribution in [1.82, 2.24) is 10.3 Å². The molecule has 112 valence electrons. The lowest BCUT2D eigenvalue weighted by Gasteiger charge is -2.28. The highest BCUT2D eigenvalue weighted by atomic mass is 32.1. The summed E-state index contributed by atoms with van der Waals surface area (Å²) in [5.41, 5.74) is 2.59. The van der Waals surface area contributed by atoms with Crippen molar-refractivity contribution < 1.29 is 0 Å². The van der Waals surface area contributed by atoms with E-state index >= 15 is 0 Å². The molecule has 1 saturated carbocycles. The number of rotatable bonds is 7. The summed E-state index contributed by atoms with van der Waals surface area (Å²) in [4.78, 5) is 8.12. The Morgan fingerprint density at radius 1 is 1.43 bits per heavy atom. The summed E-state index contributed by atoms with van der Waals surface area (Å²) < 4.78 is 0. The van der Waals surface area contributed by atoms with Gasteiger partial charge in [-0.25, -0.2) is 0 Å². The van der Waals surface area contributed by atoms with E-state index in [4.69, 9.17) is 0 Å². The minimum atomic E-state index is 0.465. The van der Waals surface area contributed by atoms with Crippen LogP contribution in [0.1, 0.15) is 30.2 Å². The van der Waals surface area contributed by atoms with Crippen LogP contribution in [0.3, 0.4) is 0 Å². The van der Waals surface area contributed by atoms with E-state index in [1.807, 2.05) is 23.7 Å². The fraction of sp³-hybridized carbons (Fsp3) is 0.471. The number of hydrogen-bond acceptors (Lipinski definition) is 4. The Labute approximate surface area is 131 Å². The first-order chi connectivity index (χ1) is 10.2. The largest absolute Gasteiger partial charge is 0.370 e. The molecule has 2 aromatic heterocycles. The summed E-state index contributed by atoms with van der Waals surface area (Å²) in [6.07, 6.45) is 7.62. The van der Waals surface area contributed by atoms with Gasteiger partial charge < -0.3 is 10.2 Å². The van der Waals surface area contributed by atoms with Crippen molar-refractivity contribution in [2.75, 3.05) is 11.9 Å². The van der Waals surface area contributed by atoms with Crippen molar-refractivity contribution in [2.45, 2.75) is 44.8 Å². The third-order valence-electron chi connectivity index (χ3n) is 4.16. The quantitative estimate of drug-likeness (QED) is 0.849. The molecule has 0 amide bonds. The van der Waals surface area contributed by atoms with Crippen LogP contribution in [0.2, 0.25) is 0 Å². The number of anilines is 1. The van der Waals surface area contributed by atoms with Gasteiger partial charge in [-0.3, -0.25) is 4.98 Å². The Morgan fingerprint density at radius 3 is 3.00 bits per heavy atom. The topological polar surface area (TPSA) is 28.2 Å². The normalized spacial score (nSPS) is 15.9. The Balaban J connectivity index is 1.68. The Bertz CT molecular complexity index is 563. The standard InChI is InChI=1S/C17H23N3S/c1-13(10-16-4-3-9-21-16)20(2)17-12-18-8-7-14(17)11-19-15-5-6-15/h3-4,7-9,12-13,15,19H,5-6,10-11H2,1-2H3. The molecule has 4 heteroatoms. The van der Waals surface area contributed by atoms with E-state index in [1.54, 1.807) is 0 Å². The predicted molar refractivity (Wildman–Crippen MR) is 90.0 cm³/mol. The van der Waals surface area contributed by atoms with E-state index in [0.717, 1.165) is 19.0 Å². The highest BCUT2D eigenvalue weighted by molar-refractivity contribution is 7.09. The van der Waals surface area contributed by atoms with Crippen LogP contribution in [-0.4, -0.2) is 24.1 Å². The van der Waals surface area contributed by atoms with Crippen LogP contribution in [0.25, 0.3) is 0 Å². The maximum Gasteiger partial charge on any atom is 0.0598 e. The van der Waals surface area contributed by atoms with Gasteiger partial charge in [0.1, 0.15) is 0 Å². The zero-order chi connectivity index (χ0) is 14.7. The number of pyridine rings is 1. The summed E-state index contributed by atoms with van der Waals surface area (Å²) in [6.45, 7) is 3.23. The number of hydrogen-bond donors (Lipinski definition) is 1. The summed E-state index contributed by atoms with van der Waals surface area (Å²) in [5, 5.41) is 5.75. The zero-order valence-corrected chi connectivity index (χ0v) is 13.6. The van der Waals surface area contributed by atoms with Crippen LogP contribution in [0.15, 0.2) is 36.0 Å². The highest BCUT2D eigenvalue weighted by Crippen LogP contribution is 2.24. The van der Waals surface area contributed by atoms with Crippen LogP contribution >= 0.6 is 11.3 Å². The minimum absolute atomic E-state index is 0.465. The first-order valence-corrected chi connectivity index (χ1v) is 8.53. The molecule has 3 nitrogen and oxygen atoms in total. The fourth-order valence-corrected chi connectivity index (χ4v) is 3.34. The Morgan fingerprint density at radius 2 is 2.29 bits per heavy atom. The van der Waals surface area contributed by atoms with Gasteiger partial charge in [0.15, 0.2) is 0 Å². The number of nitrogens with zero attached hydrogens (tertiary/aromatic N) is 2. The van der Waals surface area contributed by atoms with Gasteiger partial charge in [0, 0.05) is 43.2 Å². The molecule has 1 atom stereocenters. The van der Waals surface area contributed by atoms with Crippen molar-refractivity contribution >= 4 is 17.0 Å². The smallest absolute Gasteiger partial charge is 0.0598 e. The maximum absolute atomic E-state index is 4.32. The number of likely N-dealkylation sites (N-methyl/N-ethyl adjacent to an activating group) is 1. The second-order valence-electron chi connectivity index (χ2n) is 5.90. The molecule has 0 saturated heterocycles. The molecule has 0 spiro atoms. The van der Waals surface area contributed by atoms with E-state index in [2.05, 4.69) is 52.8 Å². The van der Waals surface area contributed by atoms with E-state index in [9.17, 15) is 0 Å². The summed E-state index contributed by atoms with van der Waals surface area (Å²) >= 11 is 1.84. The SMILES string of the molecule is CC(Cc1cccs1)N(C)c1cnccc1CNC1CC1. The van der Waals surface area contributed by atoms with Gasteiger partial charge in [0.2, 0.25) is 0 Å². The number of thiophene rings is 1. The monoisotopic (exact) mass is 301 g/mol. The third-order valence-corrected chi connectivity index (χ3v) is 5.06. The van der Waals surface area contributed by atoms with Gasteiger partial charge in [-0.1, -0.05) is 6.07 Å². The Hall–Kier alpha value is -1.39. The van der Waals surface area contributed by atoms with Crippen molar-refractivity contribution in [3.63, 3.8) is 0 Å². The maximum atomic E-state index is 4.32. The van der Waals surface area contributed by atoms with Gasteiger partial charge in [0.05, 0.1) is 11.9 Å². The summed E-state index contributed by atoms with van der Waals surface area (Å²) in [6, 6.07) is 7.68. The zero-order valence-electron chi connectivity index (χ0n) is 12.7. The van der Waals surface area contributed by atoms with Gasteiger partial charge in [-0.2, -0.15) is 0 Å². The van der Waals surface area contributed by atoms with E-state index in [1.165, 1.54) is 29.0 Å². The van der Waals surface area contributed by atoms with Crippen molar-refractivity contribution in [1.29, 1.82) is 0 Å². The van der Waals surface area contributed by atoms with Gasteiger partial charge in [0.25, 0.3) is 0 Å². The predicted octanol–water partition coefficient (Wildman–Crippen LogP) is 3.46. The van der Waals surface area contributed by atoms with Crippen LogP contribution in [0.5, 0.6) is 0 Å². The molecule has 0 radical (unpaired) electrons. The van der Waals surface area contributed by atoms with Crippen LogP contribution in [-0.2, 0) is 13.0 Å². The Kier molecular flexibility index (Phi) is 4.56. The molecule has 2 aromatic rings. The second-order valence-corrected chi connectivity index (χ2v) is 6.94. The number of aromatic nitrogens is 1. The first-order valence-electron chi connectivity index (χ1n) is 7.65. The summed E-state index contributed by atoms with van der Waals surface area (Å²) in [7, 11) is 2.18. The molecular formula is C17H23N3S.